The van der Waals surface area contributed by atoms with E-state index in [0.717, 1.165) is 43.7 Å². The lowest BCUT2D eigenvalue weighted by atomic mass is 9.89. The van der Waals surface area contributed by atoms with E-state index in [-0.39, 0.29) is 12.0 Å². The summed E-state index contributed by atoms with van der Waals surface area (Å²) < 4.78 is 5.68. The number of hydrogen-bond acceptors (Lipinski definition) is 3. The van der Waals surface area contributed by atoms with Gasteiger partial charge < -0.3 is 10.1 Å². The summed E-state index contributed by atoms with van der Waals surface area (Å²) in [5.41, 5.74) is 1.11. The van der Waals surface area contributed by atoms with Crippen molar-refractivity contribution in [2.75, 3.05) is 13.1 Å². The van der Waals surface area contributed by atoms with Crippen LogP contribution in [0.3, 0.4) is 0 Å². The van der Waals surface area contributed by atoms with Crippen LogP contribution in [0.4, 0.5) is 0 Å². The highest BCUT2D eigenvalue weighted by Gasteiger charge is 2.57. The molecule has 1 heterocycles. The van der Waals surface area contributed by atoms with E-state index < -0.39 is 0 Å². The Hall–Kier alpha value is -1.35. The number of piperidine rings is 1. The summed E-state index contributed by atoms with van der Waals surface area (Å²) in [5.74, 6) is 1.34. The van der Waals surface area contributed by atoms with Gasteiger partial charge in [0.2, 0.25) is 0 Å². The average molecular weight is 273 g/mol. The van der Waals surface area contributed by atoms with E-state index in [2.05, 4.69) is 5.32 Å². The number of Topliss-reactive ketones (excluding diaryl/α,β-unsaturated/α-hetero) is 1. The second-order valence-corrected chi connectivity index (χ2v) is 6.43. The Morgan fingerprint density at radius 1 is 1.35 bits per heavy atom. The molecule has 1 unspecified atom stereocenters. The molecule has 108 valence electrons. The van der Waals surface area contributed by atoms with Crippen LogP contribution in [0.25, 0.3) is 0 Å². The SMILES string of the molecule is CC(C)Oc1cccc(C(=O)C2CC23CCNCC3)c1. The fraction of sp³-hybridized carbons (Fsp3) is 0.588. The van der Waals surface area contributed by atoms with E-state index in [4.69, 9.17) is 4.74 Å². The molecule has 1 aliphatic heterocycles. The van der Waals surface area contributed by atoms with Crippen LogP contribution in [0.1, 0.15) is 43.5 Å². The molecule has 1 aromatic rings. The summed E-state index contributed by atoms with van der Waals surface area (Å²) in [6.07, 6.45) is 3.50. The predicted molar refractivity (Wildman–Crippen MR) is 79.2 cm³/mol. The van der Waals surface area contributed by atoms with E-state index >= 15 is 0 Å². The molecule has 3 nitrogen and oxygen atoms in total. The van der Waals surface area contributed by atoms with Crippen molar-refractivity contribution in [3.8, 4) is 5.75 Å². The third-order valence-electron chi connectivity index (χ3n) is 4.60. The van der Waals surface area contributed by atoms with Crippen molar-refractivity contribution >= 4 is 5.78 Å². The number of carbonyl (C=O) groups excluding carboxylic acids is 1. The molecule has 3 heteroatoms. The van der Waals surface area contributed by atoms with Crippen LogP contribution in [-0.4, -0.2) is 25.0 Å². The number of ketones is 1. The summed E-state index contributed by atoms with van der Waals surface area (Å²) in [5, 5.41) is 3.38. The highest BCUT2D eigenvalue weighted by molar-refractivity contribution is 6.00. The zero-order valence-corrected chi connectivity index (χ0v) is 12.3. The van der Waals surface area contributed by atoms with Gasteiger partial charge in [0.15, 0.2) is 5.78 Å². The Labute approximate surface area is 120 Å². The van der Waals surface area contributed by atoms with Gasteiger partial charge in [0, 0.05) is 11.5 Å². The lowest BCUT2D eigenvalue weighted by Crippen LogP contribution is -2.30. The van der Waals surface area contributed by atoms with Crippen molar-refractivity contribution in [3.63, 3.8) is 0 Å². The number of hydrogen-bond donors (Lipinski definition) is 1. The minimum atomic E-state index is 0.136. The molecule has 0 aromatic heterocycles. The second-order valence-electron chi connectivity index (χ2n) is 6.43. The van der Waals surface area contributed by atoms with Crippen LogP contribution in [0.5, 0.6) is 5.75 Å². The number of benzene rings is 1. The van der Waals surface area contributed by atoms with Crippen LogP contribution < -0.4 is 10.1 Å². The molecule has 1 spiro atoms. The topological polar surface area (TPSA) is 38.3 Å². The normalized spacial score (nSPS) is 23.9. The molecule has 0 amide bonds. The lowest BCUT2D eigenvalue weighted by Gasteiger charge is -2.23. The Bertz CT molecular complexity index is 503. The van der Waals surface area contributed by atoms with Gasteiger partial charge in [0.25, 0.3) is 0 Å². The maximum atomic E-state index is 12.6. The van der Waals surface area contributed by atoms with Gasteiger partial charge in [-0.05, 0) is 63.7 Å². The van der Waals surface area contributed by atoms with Gasteiger partial charge in [0.05, 0.1) is 6.10 Å². The summed E-state index contributed by atoms with van der Waals surface area (Å²) in [6.45, 7) is 6.11. The van der Waals surface area contributed by atoms with E-state index in [1.54, 1.807) is 0 Å². The van der Waals surface area contributed by atoms with Crippen LogP contribution >= 0.6 is 0 Å². The second kappa shape index (κ2) is 5.21. The molecule has 0 radical (unpaired) electrons. The molecule has 1 saturated carbocycles. The summed E-state index contributed by atoms with van der Waals surface area (Å²) in [4.78, 5) is 12.6. The van der Waals surface area contributed by atoms with Crippen molar-refractivity contribution in [3.05, 3.63) is 29.8 Å². The first-order valence-electron chi connectivity index (χ1n) is 7.62. The van der Waals surface area contributed by atoms with E-state index in [9.17, 15) is 4.79 Å². The number of nitrogens with one attached hydrogen (secondary N) is 1. The summed E-state index contributed by atoms with van der Waals surface area (Å²) in [6, 6.07) is 7.66. The zero-order chi connectivity index (χ0) is 14.2. The van der Waals surface area contributed by atoms with Gasteiger partial charge in [0.1, 0.15) is 5.75 Å². The van der Waals surface area contributed by atoms with Crippen LogP contribution in [-0.2, 0) is 0 Å². The Balaban J connectivity index is 1.72. The Morgan fingerprint density at radius 3 is 2.80 bits per heavy atom. The first kappa shape index (κ1) is 13.6. The molecule has 1 N–H and O–H groups in total. The molecule has 20 heavy (non-hydrogen) atoms. The van der Waals surface area contributed by atoms with Crippen molar-refractivity contribution < 1.29 is 9.53 Å². The monoisotopic (exact) mass is 273 g/mol. The molecule has 2 fully saturated rings. The van der Waals surface area contributed by atoms with Gasteiger partial charge in [-0.3, -0.25) is 4.79 Å². The fourth-order valence-corrected chi connectivity index (χ4v) is 3.39. The van der Waals surface area contributed by atoms with Crippen LogP contribution in [0, 0.1) is 11.3 Å². The molecule has 1 aliphatic carbocycles. The molecule has 1 atom stereocenters. The molecular formula is C17H23NO2. The molecule has 1 saturated heterocycles. The van der Waals surface area contributed by atoms with Crippen LogP contribution in [0.15, 0.2) is 24.3 Å². The van der Waals surface area contributed by atoms with E-state index in [1.807, 2.05) is 38.1 Å². The first-order chi connectivity index (χ1) is 9.61. The zero-order valence-electron chi connectivity index (χ0n) is 12.3. The number of rotatable bonds is 4. The third-order valence-corrected chi connectivity index (χ3v) is 4.60. The molecule has 3 rings (SSSR count). The fourth-order valence-electron chi connectivity index (χ4n) is 3.39. The van der Waals surface area contributed by atoms with Crippen LogP contribution in [0.2, 0.25) is 0 Å². The average Bonchev–Trinajstić information content (AvgIpc) is 3.11. The largest absolute Gasteiger partial charge is 0.491 e. The smallest absolute Gasteiger partial charge is 0.166 e. The minimum Gasteiger partial charge on any atom is -0.491 e. The van der Waals surface area contributed by atoms with Gasteiger partial charge in [-0.1, -0.05) is 12.1 Å². The number of ether oxygens (including phenoxy) is 1. The van der Waals surface area contributed by atoms with E-state index in [0.29, 0.717) is 11.2 Å². The van der Waals surface area contributed by atoms with Crippen molar-refractivity contribution in [1.29, 1.82) is 0 Å². The standard InChI is InChI=1S/C17H23NO2/c1-12(2)20-14-5-3-4-13(10-14)16(19)15-11-17(15)6-8-18-9-7-17/h3-5,10,12,15,18H,6-9,11H2,1-2H3. The van der Waals surface area contributed by atoms with E-state index in [1.165, 1.54) is 0 Å². The van der Waals surface area contributed by atoms with Crippen molar-refractivity contribution in [1.82, 2.24) is 5.32 Å². The first-order valence-corrected chi connectivity index (χ1v) is 7.62. The Kier molecular flexibility index (Phi) is 3.55. The minimum absolute atomic E-state index is 0.136. The molecule has 1 aromatic carbocycles. The Morgan fingerprint density at radius 2 is 2.10 bits per heavy atom. The van der Waals surface area contributed by atoms with Crippen molar-refractivity contribution in [2.45, 2.75) is 39.2 Å². The highest BCUT2D eigenvalue weighted by atomic mass is 16.5. The maximum Gasteiger partial charge on any atom is 0.166 e. The summed E-state index contributed by atoms with van der Waals surface area (Å²) >= 11 is 0. The number of carbonyl (C=O) groups is 1. The van der Waals surface area contributed by atoms with Gasteiger partial charge in [-0.2, -0.15) is 0 Å². The van der Waals surface area contributed by atoms with Crippen molar-refractivity contribution in [2.24, 2.45) is 11.3 Å². The van der Waals surface area contributed by atoms with Gasteiger partial charge in [-0.15, -0.1) is 0 Å². The molecule has 2 aliphatic rings. The molecular weight excluding hydrogens is 250 g/mol. The predicted octanol–water partition coefficient (Wildman–Crippen LogP) is 3.05. The quantitative estimate of drug-likeness (QED) is 0.857. The van der Waals surface area contributed by atoms with Gasteiger partial charge in [-0.25, -0.2) is 0 Å². The highest BCUT2D eigenvalue weighted by Crippen LogP contribution is 2.59. The summed E-state index contributed by atoms with van der Waals surface area (Å²) in [7, 11) is 0. The maximum absolute atomic E-state index is 12.6. The third kappa shape index (κ3) is 2.59. The molecule has 0 bridgehead atoms. The van der Waals surface area contributed by atoms with Gasteiger partial charge >= 0.3 is 0 Å². The lowest BCUT2D eigenvalue weighted by molar-refractivity contribution is 0.0940.